The van der Waals surface area contributed by atoms with Crippen molar-refractivity contribution in [3.63, 3.8) is 0 Å². The number of hydrogen-bond acceptors (Lipinski definition) is 4. The molecule has 42 heavy (non-hydrogen) atoms. The van der Waals surface area contributed by atoms with Crippen LogP contribution in [0, 0.1) is 27.7 Å². The maximum atomic E-state index is 14.2. The number of nitrogens with zero attached hydrogens (tertiary/aromatic N) is 2. The van der Waals surface area contributed by atoms with Crippen LogP contribution >= 0.6 is 0 Å². The highest BCUT2D eigenvalue weighted by molar-refractivity contribution is 7.92. The van der Waals surface area contributed by atoms with Gasteiger partial charge in [0.2, 0.25) is 11.8 Å². The fourth-order valence-electron chi connectivity index (χ4n) is 5.38. The molecule has 1 aliphatic carbocycles. The first-order valence-corrected chi connectivity index (χ1v) is 16.2. The summed E-state index contributed by atoms with van der Waals surface area (Å²) in [5.41, 5.74) is 4.95. The minimum atomic E-state index is -4.10. The van der Waals surface area contributed by atoms with Gasteiger partial charge in [-0.05, 0) is 82.3 Å². The zero-order chi connectivity index (χ0) is 30.4. The predicted octanol–water partition coefficient (Wildman–Crippen LogP) is 5.98. The van der Waals surface area contributed by atoms with E-state index in [0.717, 1.165) is 53.5 Å². The average molecular weight is 590 g/mol. The highest BCUT2D eigenvalue weighted by Gasteiger charge is 2.33. The quantitative estimate of drug-likeness (QED) is 0.315. The van der Waals surface area contributed by atoms with Gasteiger partial charge in [-0.15, -0.1) is 0 Å². The van der Waals surface area contributed by atoms with Crippen molar-refractivity contribution >= 4 is 27.5 Å². The minimum absolute atomic E-state index is 0.0957. The van der Waals surface area contributed by atoms with Crippen molar-refractivity contribution in [3.8, 4) is 0 Å². The van der Waals surface area contributed by atoms with Crippen LogP contribution in [0.5, 0.6) is 0 Å². The average Bonchev–Trinajstić information content (AvgIpc) is 2.97. The lowest BCUT2D eigenvalue weighted by Crippen LogP contribution is -2.53. The SMILES string of the molecule is Cc1ccc(CN(C(=O)CN(c2cc(C)ccc2C)S(=O)(=O)c2ccc(C)cc2)[C@H](C)C(=O)NC2CCCCC2)cc1. The Balaban J connectivity index is 1.70. The van der Waals surface area contributed by atoms with Crippen molar-refractivity contribution in [1.29, 1.82) is 0 Å². The molecular weight excluding hydrogens is 546 g/mol. The molecule has 4 rings (SSSR count). The lowest BCUT2D eigenvalue weighted by molar-refractivity contribution is -0.139. The fourth-order valence-corrected chi connectivity index (χ4v) is 6.85. The summed E-state index contributed by atoms with van der Waals surface area (Å²) in [5.74, 6) is -0.666. The molecule has 0 spiro atoms. The van der Waals surface area contributed by atoms with E-state index >= 15 is 0 Å². The molecule has 0 aliphatic heterocycles. The highest BCUT2D eigenvalue weighted by atomic mass is 32.2. The maximum Gasteiger partial charge on any atom is 0.264 e. The number of amides is 2. The van der Waals surface area contributed by atoms with Crippen molar-refractivity contribution < 1.29 is 18.0 Å². The van der Waals surface area contributed by atoms with Gasteiger partial charge in [0.05, 0.1) is 10.6 Å². The largest absolute Gasteiger partial charge is 0.352 e. The number of hydrogen-bond donors (Lipinski definition) is 1. The number of carbonyl (C=O) groups is 2. The van der Waals surface area contributed by atoms with Gasteiger partial charge < -0.3 is 10.2 Å². The Morgan fingerprint density at radius 1 is 0.833 bits per heavy atom. The first-order valence-electron chi connectivity index (χ1n) is 14.8. The van der Waals surface area contributed by atoms with E-state index in [1.807, 2.05) is 64.1 Å². The van der Waals surface area contributed by atoms with Crippen LogP contribution in [0.4, 0.5) is 5.69 Å². The van der Waals surface area contributed by atoms with E-state index in [9.17, 15) is 18.0 Å². The Hall–Kier alpha value is -3.65. The number of sulfonamides is 1. The Labute approximate surface area is 251 Å². The number of anilines is 1. The Morgan fingerprint density at radius 3 is 2.02 bits per heavy atom. The zero-order valence-corrected chi connectivity index (χ0v) is 26.2. The third-order valence-corrected chi connectivity index (χ3v) is 9.89. The summed E-state index contributed by atoms with van der Waals surface area (Å²) in [4.78, 5) is 29.3. The van der Waals surface area contributed by atoms with E-state index in [1.54, 1.807) is 37.3 Å². The Bertz CT molecular complexity index is 1490. The molecule has 1 atom stereocenters. The lowest BCUT2D eigenvalue weighted by Gasteiger charge is -2.33. The second kappa shape index (κ2) is 13.6. The van der Waals surface area contributed by atoms with Crippen LogP contribution in [0.1, 0.15) is 66.8 Å². The van der Waals surface area contributed by atoms with E-state index in [2.05, 4.69) is 5.32 Å². The van der Waals surface area contributed by atoms with Gasteiger partial charge in [-0.1, -0.05) is 78.9 Å². The summed E-state index contributed by atoms with van der Waals surface area (Å²) in [5, 5.41) is 3.15. The van der Waals surface area contributed by atoms with Gasteiger partial charge in [0, 0.05) is 12.6 Å². The summed E-state index contributed by atoms with van der Waals surface area (Å²) in [6, 6.07) is 19.3. The summed E-state index contributed by atoms with van der Waals surface area (Å²) in [6.07, 6.45) is 5.18. The third-order valence-electron chi connectivity index (χ3n) is 8.11. The normalized spacial score (nSPS) is 14.7. The maximum absolute atomic E-state index is 14.2. The molecule has 224 valence electrons. The number of nitrogens with one attached hydrogen (secondary N) is 1. The standard InChI is InChI=1S/C34H43N3O4S/c1-24-12-17-29(18-13-24)22-36(28(5)34(39)35-30-9-7-6-8-10-30)33(38)23-37(32-21-26(3)11-16-27(32)4)42(40,41)31-19-14-25(2)15-20-31/h11-21,28,30H,6-10,22-23H2,1-5H3,(H,35,39)/t28-/m1/s1. The van der Waals surface area contributed by atoms with Crippen molar-refractivity contribution in [2.45, 2.75) is 90.2 Å². The molecule has 1 N–H and O–H groups in total. The molecule has 0 saturated heterocycles. The molecular formula is C34H43N3O4S. The van der Waals surface area contributed by atoms with Crippen LogP contribution in [0.3, 0.4) is 0 Å². The molecule has 0 heterocycles. The molecule has 1 saturated carbocycles. The van der Waals surface area contributed by atoms with Crippen molar-refractivity contribution in [2.75, 3.05) is 10.8 Å². The summed E-state index contributed by atoms with van der Waals surface area (Å²) in [7, 11) is -4.10. The van der Waals surface area contributed by atoms with Crippen LogP contribution in [0.2, 0.25) is 0 Å². The monoisotopic (exact) mass is 589 g/mol. The fraction of sp³-hybridized carbons (Fsp3) is 0.412. The summed E-state index contributed by atoms with van der Waals surface area (Å²) < 4.78 is 29.4. The topological polar surface area (TPSA) is 86.8 Å². The van der Waals surface area contributed by atoms with E-state index in [0.29, 0.717) is 5.69 Å². The predicted molar refractivity (Wildman–Crippen MR) is 168 cm³/mol. The van der Waals surface area contributed by atoms with Gasteiger partial charge in [0.15, 0.2) is 0 Å². The molecule has 8 heteroatoms. The van der Waals surface area contributed by atoms with E-state index in [4.69, 9.17) is 0 Å². The van der Waals surface area contributed by atoms with Crippen LogP contribution in [0.15, 0.2) is 71.6 Å². The molecule has 1 fully saturated rings. The second-order valence-electron chi connectivity index (χ2n) is 11.6. The van der Waals surface area contributed by atoms with Crippen molar-refractivity contribution in [2.24, 2.45) is 0 Å². The number of aryl methyl sites for hydroxylation is 4. The van der Waals surface area contributed by atoms with Gasteiger partial charge >= 0.3 is 0 Å². The van der Waals surface area contributed by atoms with Gasteiger partial charge in [0.1, 0.15) is 12.6 Å². The molecule has 2 amide bonds. The first kappa shape index (κ1) is 31.3. The van der Waals surface area contributed by atoms with E-state index in [1.165, 1.54) is 15.6 Å². The minimum Gasteiger partial charge on any atom is -0.352 e. The zero-order valence-electron chi connectivity index (χ0n) is 25.4. The molecule has 0 unspecified atom stereocenters. The van der Waals surface area contributed by atoms with E-state index < -0.39 is 28.5 Å². The van der Waals surface area contributed by atoms with Crippen LogP contribution in [-0.4, -0.2) is 43.8 Å². The molecule has 1 aliphatic rings. The van der Waals surface area contributed by atoms with Gasteiger partial charge in [0.25, 0.3) is 10.0 Å². The van der Waals surface area contributed by atoms with Crippen LogP contribution < -0.4 is 9.62 Å². The second-order valence-corrected chi connectivity index (χ2v) is 13.5. The third kappa shape index (κ3) is 7.59. The number of benzene rings is 3. The first-order chi connectivity index (χ1) is 20.0. The smallest absolute Gasteiger partial charge is 0.264 e. The summed E-state index contributed by atoms with van der Waals surface area (Å²) >= 11 is 0. The van der Waals surface area contributed by atoms with Crippen molar-refractivity contribution in [3.05, 3.63) is 94.5 Å². The highest BCUT2D eigenvalue weighted by Crippen LogP contribution is 2.29. The van der Waals surface area contributed by atoms with Gasteiger partial charge in [-0.2, -0.15) is 0 Å². The molecule has 0 radical (unpaired) electrons. The van der Waals surface area contributed by atoms with Gasteiger partial charge in [-0.25, -0.2) is 8.42 Å². The number of carbonyl (C=O) groups excluding carboxylic acids is 2. The Morgan fingerprint density at radius 2 is 1.40 bits per heavy atom. The molecule has 7 nitrogen and oxygen atoms in total. The Kier molecular flexibility index (Phi) is 10.1. The molecule has 3 aromatic carbocycles. The molecule has 0 bridgehead atoms. The van der Waals surface area contributed by atoms with E-state index in [-0.39, 0.29) is 23.4 Å². The van der Waals surface area contributed by atoms with Crippen molar-refractivity contribution in [1.82, 2.24) is 10.2 Å². The summed E-state index contributed by atoms with van der Waals surface area (Å²) in [6.45, 7) is 9.08. The molecule has 3 aromatic rings. The van der Waals surface area contributed by atoms with Crippen LogP contribution in [-0.2, 0) is 26.2 Å². The number of rotatable bonds is 10. The lowest BCUT2D eigenvalue weighted by atomic mass is 9.95. The van der Waals surface area contributed by atoms with Gasteiger partial charge in [-0.3, -0.25) is 13.9 Å². The molecule has 0 aromatic heterocycles. The van der Waals surface area contributed by atoms with Crippen LogP contribution in [0.25, 0.3) is 0 Å².